The third-order valence-electron chi connectivity index (χ3n) is 4.31. The van der Waals surface area contributed by atoms with Gasteiger partial charge in [0, 0.05) is 17.6 Å². The van der Waals surface area contributed by atoms with E-state index in [4.69, 9.17) is 4.74 Å². The summed E-state index contributed by atoms with van der Waals surface area (Å²) in [7, 11) is 1.75. The number of ether oxygens (including phenoxy) is 1. The lowest BCUT2D eigenvalue weighted by Crippen LogP contribution is -2.35. The maximum Gasteiger partial charge on any atom is 0.123 e. The SMILES string of the molecule is COc1ccccc1[C@H](C)NC(C1CC1)C1CC1. The fourth-order valence-electron chi connectivity index (χ4n) is 2.97. The first-order valence-corrected chi connectivity index (χ1v) is 7.18. The van der Waals surface area contributed by atoms with Crippen molar-refractivity contribution in [2.75, 3.05) is 7.11 Å². The highest BCUT2D eigenvalue weighted by Gasteiger charge is 2.41. The molecule has 0 unspecified atom stereocenters. The number of benzene rings is 1. The van der Waals surface area contributed by atoms with Crippen molar-refractivity contribution in [3.63, 3.8) is 0 Å². The molecule has 1 aromatic rings. The second-order valence-electron chi connectivity index (χ2n) is 5.83. The van der Waals surface area contributed by atoms with E-state index in [1.54, 1.807) is 7.11 Å². The number of nitrogens with one attached hydrogen (secondary N) is 1. The largest absolute Gasteiger partial charge is 0.496 e. The highest BCUT2D eigenvalue weighted by molar-refractivity contribution is 5.35. The van der Waals surface area contributed by atoms with Crippen LogP contribution in [-0.4, -0.2) is 13.2 Å². The first-order valence-electron chi connectivity index (χ1n) is 7.18. The highest BCUT2D eigenvalue weighted by Crippen LogP contribution is 2.45. The molecule has 0 amide bonds. The quantitative estimate of drug-likeness (QED) is 0.827. The summed E-state index contributed by atoms with van der Waals surface area (Å²) in [4.78, 5) is 0. The molecular formula is C16H23NO. The van der Waals surface area contributed by atoms with Crippen LogP contribution in [0.5, 0.6) is 5.75 Å². The Hall–Kier alpha value is -1.02. The van der Waals surface area contributed by atoms with Crippen molar-refractivity contribution in [3.8, 4) is 5.75 Å². The molecule has 0 aliphatic heterocycles. The molecule has 0 saturated heterocycles. The minimum atomic E-state index is 0.382. The topological polar surface area (TPSA) is 21.3 Å². The second kappa shape index (κ2) is 4.93. The van der Waals surface area contributed by atoms with Crippen molar-refractivity contribution in [2.24, 2.45) is 11.8 Å². The van der Waals surface area contributed by atoms with Gasteiger partial charge in [0.15, 0.2) is 0 Å². The van der Waals surface area contributed by atoms with Crippen molar-refractivity contribution in [2.45, 2.75) is 44.7 Å². The summed E-state index contributed by atoms with van der Waals surface area (Å²) in [6.07, 6.45) is 5.69. The van der Waals surface area contributed by atoms with Crippen molar-refractivity contribution in [1.29, 1.82) is 0 Å². The number of rotatable bonds is 6. The summed E-state index contributed by atoms with van der Waals surface area (Å²) < 4.78 is 5.46. The lowest BCUT2D eigenvalue weighted by molar-refractivity contribution is 0.361. The average molecular weight is 245 g/mol. The van der Waals surface area contributed by atoms with Gasteiger partial charge in [-0.05, 0) is 50.5 Å². The number of hydrogen-bond donors (Lipinski definition) is 1. The molecule has 1 aromatic carbocycles. The van der Waals surface area contributed by atoms with Gasteiger partial charge in [-0.1, -0.05) is 18.2 Å². The molecule has 2 aliphatic rings. The molecule has 2 aliphatic carbocycles. The molecule has 2 fully saturated rings. The van der Waals surface area contributed by atoms with Crippen molar-refractivity contribution >= 4 is 0 Å². The van der Waals surface area contributed by atoms with Crippen molar-refractivity contribution in [1.82, 2.24) is 5.32 Å². The molecule has 2 saturated carbocycles. The van der Waals surface area contributed by atoms with Crippen LogP contribution >= 0.6 is 0 Å². The molecule has 3 rings (SSSR count). The fraction of sp³-hybridized carbons (Fsp3) is 0.625. The number of para-hydroxylation sites is 1. The van der Waals surface area contributed by atoms with Crippen LogP contribution in [0.25, 0.3) is 0 Å². The van der Waals surface area contributed by atoms with E-state index in [0.29, 0.717) is 6.04 Å². The van der Waals surface area contributed by atoms with Gasteiger partial charge in [-0.2, -0.15) is 0 Å². The maximum absolute atomic E-state index is 5.46. The van der Waals surface area contributed by atoms with Crippen LogP contribution in [0.1, 0.15) is 44.2 Å². The van der Waals surface area contributed by atoms with E-state index in [9.17, 15) is 0 Å². The van der Waals surface area contributed by atoms with E-state index in [0.717, 1.165) is 23.6 Å². The molecule has 0 radical (unpaired) electrons. The third-order valence-corrected chi connectivity index (χ3v) is 4.31. The van der Waals surface area contributed by atoms with Gasteiger partial charge in [-0.15, -0.1) is 0 Å². The zero-order valence-corrected chi connectivity index (χ0v) is 11.4. The number of hydrogen-bond acceptors (Lipinski definition) is 2. The Morgan fingerprint density at radius 3 is 2.28 bits per heavy atom. The highest BCUT2D eigenvalue weighted by atomic mass is 16.5. The van der Waals surface area contributed by atoms with Crippen LogP contribution in [-0.2, 0) is 0 Å². The van der Waals surface area contributed by atoms with E-state index >= 15 is 0 Å². The molecule has 0 aromatic heterocycles. The average Bonchev–Trinajstić information content (AvgIpc) is 3.29. The van der Waals surface area contributed by atoms with Gasteiger partial charge in [0.05, 0.1) is 7.11 Å². The molecule has 0 heterocycles. The van der Waals surface area contributed by atoms with Crippen LogP contribution < -0.4 is 10.1 Å². The van der Waals surface area contributed by atoms with Crippen molar-refractivity contribution < 1.29 is 4.74 Å². The Bertz CT molecular complexity index is 397. The minimum absolute atomic E-state index is 0.382. The van der Waals surface area contributed by atoms with Crippen LogP contribution in [0.4, 0.5) is 0 Å². The summed E-state index contributed by atoms with van der Waals surface area (Å²) in [5.74, 6) is 2.88. The van der Waals surface area contributed by atoms with Gasteiger partial charge in [0.25, 0.3) is 0 Å². The van der Waals surface area contributed by atoms with E-state index in [-0.39, 0.29) is 0 Å². The Morgan fingerprint density at radius 1 is 1.11 bits per heavy atom. The first-order chi connectivity index (χ1) is 8.79. The summed E-state index contributed by atoms with van der Waals surface area (Å²) in [5, 5.41) is 3.85. The Labute approximate surface area is 110 Å². The van der Waals surface area contributed by atoms with E-state index in [2.05, 4.69) is 30.4 Å². The zero-order chi connectivity index (χ0) is 12.5. The smallest absolute Gasteiger partial charge is 0.123 e. The van der Waals surface area contributed by atoms with E-state index in [1.807, 2.05) is 6.07 Å². The first kappa shape index (κ1) is 12.0. The molecule has 98 valence electrons. The molecule has 1 atom stereocenters. The lowest BCUT2D eigenvalue weighted by Gasteiger charge is -2.24. The van der Waals surface area contributed by atoms with Gasteiger partial charge >= 0.3 is 0 Å². The Balaban J connectivity index is 1.70. The third kappa shape index (κ3) is 2.54. The van der Waals surface area contributed by atoms with Crippen LogP contribution in [0.3, 0.4) is 0 Å². The second-order valence-corrected chi connectivity index (χ2v) is 5.83. The van der Waals surface area contributed by atoms with Crippen LogP contribution in [0.15, 0.2) is 24.3 Å². The summed E-state index contributed by atoms with van der Waals surface area (Å²) in [6, 6.07) is 9.48. The van der Waals surface area contributed by atoms with E-state index < -0.39 is 0 Å². The molecule has 18 heavy (non-hydrogen) atoms. The van der Waals surface area contributed by atoms with Crippen LogP contribution in [0.2, 0.25) is 0 Å². The predicted molar refractivity (Wildman–Crippen MR) is 73.8 cm³/mol. The predicted octanol–water partition coefficient (Wildman–Crippen LogP) is 3.53. The normalized spacial score (nSPS) is 21.1. The van der Waals surface area contributed by atoms with Gasteiger partial charge in [0.1, 0.15) is 5.75 Å². The van der Waals surface area contributed by atoms with Gasteiger partial charge in [-0.3, -0.25) is 0 Å². The molecule has 0 spiro atoms. The summed E-state index contributed by atoms with van der Waals surface area (Å²) >= 11 is 0. The fourth-order valence-corrected chi connectivity index (χ4v) is 2.97. The monoisotopic (exact) mass is 245 g/mol. The molecule has 1 N–H and O–H groups in total. The minimum Gasteiger partial charge on any atom is -0.496 e. The Morgan fingerprint density at radius 2 is 1.72 bits per heavy atom. The summed E-state index contributed by atoms with van der Waals surface area (Å²) in [5.41, 5.74) is 1.28. The zero-order valence-electron chi connectivity index (χ0n) is 11.4. The lowest BCUT2D eigenvalue weighted by atomic mass is 10.0. The van der Waals surface area contributed by atoms with Gasteiger partial charge in [0.2, 0.25) is 0 Å². The summed E-state index contributed by atoms with van der Waals surface area (Å²) in [6.45, 7) is 2.26. The Kier molecular flexibility index (Phi) is 3.29. The maximum atomic E-state index is 5.46. The van der Waals surface area contributed by atoms with E-state index in [1.165, 1.54) is 31.2 Å². The van der Waals surface area contributed by atoms with Gasteiger partial charge < -0.3 is 10.1 Å². The molecule has 2 nitrogen and oxygen atoms in total. The van der Waals surface area contributed by atoms with Crippen LogP contribution in [0, 0.1) is 11.8 Å². The molecule has 0 bridgehead atoms. The van der Waals surface area contributed by atoms with Gasteiger partial charge in [-0.25, -0.2) is 0 Å². The van der Waals surface area contributed by atoms with Crippen molar-refractivity contribution in [3.05, 3.63) is 29.8 Å². The molecular weight excluding hydrogens is 222 g/mol. The number of methoxy groups -OCH3 is 1. The molecule has 2 heteroatoms. The standard InChI is InChI=1S/C16H23NO/c1-11(14-5-3-4-6-15(14)18-2)17-16(12-7-8-12)13-9-10-13/h3-6,11-13,16-17H,7-10H2,1-2H3/t11-/m0/s1.